The molecule has 0 radical (unpaired) electrons. The van der Waals surface area contributed by atoms with Crippen LogP contribution in [-0.4, -0.2) is 39.1 Å². The monoisotopic (exact) mass is 541 g/mol. The maximum atomic E-state index is 13.5. The third-order valence-corrected chi connectivity index (χ3v) is 7.06. The van der Waals surface area contributed by atoms with Crippen molar-refractivity contribution >= 4 is 40.7 Å². The lowest BCUT2D eigenvalue weighted by molar-refractivity contribution is 0.0529. The molecule has 4 aromatic rings. The zero-order valence-corrected chi connectivity index (χ0v) is 22.4. The summed E-state index contributed by atoms with van der Waals surface area (Å²) in [4.78, 5) is 27.8. The van der Waals surface area contributed by atoms with Gasteiger partial charge in [0.25, 0.3) is 11.5 Å². The minimum absolute atomic E-state index is 0.209. The zero-order chi connectivity index (χ0) is 26.6. The molecule has 11 heteroatoms. The van der Waals surface area contributed by atoms with Crippen molar-refractivity contribution in [2.75, 3.05) is 19.0 Å². The second kappa shape index (κ2) is 11.3. The van der Waals surface area contributed by atoms with Crippen LogP contribution in [0, 0.1) is 5.41 Å². The van der Waals surface area contributed by atoms with Gasteiger partial charge in [-0.3, -0.25) is 9.59 Å². The summed E-state index contributed by atoms with van der Waals surface area (Å²) >= 11 is 7.53. The van der Waals surface area contributed by atoms with E-state index in [4.69, 9.17) is 20.9 Å². The maximum Gasteiger partial charge on any atom is 0.258 e. The first-order chi connectivity index (χ1) is 17.7. The van der Waals surface area contributed by atoms with E-state index in [9.17, 15) is 9.59 Å². The second-order valence-corrected chi connectivity index (χ2v) is 10.9. The number of nitrogens with zero attached hydrogens (tertiary/aromatic N) is 4. The molecule has 0 saturated carbocycles. The predicted octanol–water partition coefficient (Wildman–Crippen LogP) is 5.23. The lowest BCUT2D eigenvalue weighted by atomic mass is 9.94. The number of aryl methyl sites for hydroxylation is 1. The number of thiophene rings is 1. The highest BCUT2D eigenvalue weighted by molar-refractivity contribution is 7.16. The average Bonchev–Trinajstić information content (AvgIpc) is 3.62. The quantitative estimate of drug-likeness (QED) is 0.277. The van der Waals surface area contributed by atoms with E-state index in [1.807, 2.05) is 18.2 Å². The molecule has 9 nitrogen and oxygen atoms in total. The number of nitrogens with one attached hydrogen (secondary N) is 1. The summed E-state index contributed by atoms with van der Waals surface area (Å²) in [5.74, 6) is 0.253. The lowest BCUT2D eigenvalue weighted by Gasteiger charge is -2.22. The van der Waals surface area contributed by atoms with Gasteiger partial charge >= 0.3 is 0 Å². The Kier molecular flexibility index (Phi) is 8.11. The summed E-state index contributed by atoms with van der Waals surface area (Å²) in [5.41, 5.74) is 1.19. The molecule has 4 heterocycles. The third kappa shape index (κ3) is 5.93. The summed E-state index contributed by atoms with van der Waals surface area (Å²) in [6, 6.07) is 10.8. The lowest BCUT2D eigenvalue weighted by Crippen LogP contribution is -2.35. The number of halogens is 1. The number of ether oxygens (including phenoxy) is 1. The highest BCUT2D eigenvalue weighted by Gasteiger charge is 2.32. The molecule has 0 unspecified atom stereocenters. The van der Waals surface area contributed by atoms with E-state index in [0.717, 1.165) is 10.6 Å². The van der Waals surface area contributed by atoms with Crippen LogP contribution in [0.5, 0.6) is 0 Å². The number of rotatable bonds is 11. The zero-order valence-electron chi connectivity index (χ0n) is 20.9. The van der Waals surface area contributed by atoms with Gasteiger partial charge in [0.05, 0.1) is 34.3 Å². The van der Waals surface area contributed by atoms with Gasteiger partial charge in [-0.15, -0.1) is 11.3 Å². The standard InChI is InChI=1S/C26H28ClN5O4S/c1-5-17-6-8-21(31(24(17)33)12-10-18-11-13-36-30-18)20-14-23(28-15-19-7-9-22(27)37-19)32(29-20)25(34)26(2,3)16-35-4/h5-9,11,13-14,28H,1,10,12,15-16H2,2-4H3. The molecule has 0 amide bonds. The van der Waals surface area contributed by atoms with E-state index in [0.29, 0.717) is 46.6 Å². The van der Waals surface area contributed by atoms with Crippen LogP contribution in [0.1, 0.15) is 34.8 Å². The van der Waals surface area contributed by atoms with Crippen molar-refractivity contribution in [2.24, 2.45) is 5.41 Å². The summed E-state index contributed by atoms with van der Waals surface area (Å²) in [6.07, 6.45) is 3.49. The highest BCUT2D eigenvalue weighted by Crippen LogP contribution is 2.28. The molecule has 37 heavy (non-hydrogen) atoms. The van der Waals surface area contributed by atoms with Crippen LogP contribution in [-0.2, 0) is 24.2 Å². The van der Waals surface area contributed by atoms with Crippen LogP contribution in [0.3, 0.4) is 0 Å². The summed E-state index contributed by atoms with van der Waals surface area (Å²) in [6.45, 7) is 8.37. The first kappa shape index (κ1) is 26.6. The summed E-state index contributed by atoms with van der Waals surface area (Å²) in [7, 11) is 1.55. The van der Waals surface area contributed by atoms with Crippen LogP contribution in [0.2, 0.25) is 4.34 Å². The van der Waals surface area contributed by atoms with Gasteiger partial charge in [-0.2, -0.15) is 9.78 Å². The number of hydrogen-bond acceptors (Lipinski definition) is 8. The van der Waals surface area contributed by atoms with Crippen LogP contribution < -0.4 is 10.9 Å². The van der Waals surface area contributed by atoms with E-state index >= 15 is 0 Å². The van der Waals surface area contributed by atoms with Gasteiger partial charge in [-0.05, 0) is 38.1 Å². The Morgan fingerprint density at radius 1 is 1.30 bits per heavy atom. The number of carbonyl (C=O) groups excluding carboxylic acids is 1. The topological polar surface area (TPSA) is 104 Å². The van der Waals surface area contributed by atoms with Crippen molar-refractivity contribution < 1.29 is 14.1 Å². The number of pyridine rings is 1. The first-order valence-electron chi connectivity index (χ1n) is 11.6. The Hall–Kier alpha value is -3.47. The Morgan fingerprint density at radius 2 is 2.11 bits per heavy atom. The number of aromatic nitrogens is 4. The molecule has 0 aliphatic heterocycles. The molecule has 0 bridgehead atoms. The molecule has 194 valence electrons. The summed E-state index contributed by atoms with van der Waals surface area (Å²) in [5, 5.41) is 11.9. The molecule has 0 atom stereocenters. The van der Waals surface area contributed by atoms with Crippen LogP contribution >= 0.6 is 22.9 Å². The van der Waals surface area contributed by atoms with Crippen molar-refractivity contribution in [1.82, 2.24) is 19.5 Å². The molecular weight excluding hydrogens is 514 g/mol. The SMILES string of the molecule is C=Cc1ccc(-c2cc(NCc3ccc(Cl)s3)n(C(=O)C(C)(C)COC)n2)n(CCc2ccon2)c1=O. The molecule has 0 saturated heterocycles. The molecular formula is C26H28ClN5O4S. The van der Waals surface area contributed by atoms with Crippen molar-refractivity contribution in [3.8, 4) is 11.4 Å². The molecule has 0 fully saturated rings. The predicted molar refractivity (Wildman–Crippen MR) is 145 cm³/mol. The average molecular weight is 542 g/mol. The third-order valence-electron chi connectivity index (χ3n) is 5.83. The smallest absolute Gasteiger partial charge is 0.258 e. The number of anilines is 1. The normalized spacial score (nSPS) is 11.6. The van der Waals surface area contributed by atoms with Gasteiger partial charge in [-0.1, -0.05) is 29.4 Å². The van der Waals surface area contributed by atoms with E-state index < -0.39 is 5.41 Å². The largest absolute Gasteiger partial charge is 0.384 e. The number of carbonyl (C=O) groups is 1. The van der Waals surface area contributed by atoms with Gasteiger partial charge in [-0.25, -0.2) is 0 Å². The van der Waals surface area contributed by atoms with Crippen LogP contribution in [0.15, 0.2) is 58.6 Å². The Morgan fingerprint density at radius 3 is 2.76 bits per heavy atom. The van der Waals surface area contributed by atoms with Crippen LogP contribution in [0.25, 0.3) is 17.5 Å². The van der Waals surface area contributed by atoms with Crippen LogP contribution in [0.4, 0.5) is 5.82 Å². The number of methoxy groups -OCH3 is 1. The van der Waals surface area contributed by atoms with Crippen molar-refractivity contribution in [3.05, 3.63) is 80.1 Å². The van der Waals surface area contributed by atoms with Crippen molar-refractivity contribution in [3.63, 3.8) is 0 Å². The fourth-order valence-corrected chi connectivity index (χ4v) is 4.94. The van der Waals surface area contributed by atoms with Gasteiger partial charge in [0.2, 0.25) is 0 Å². The molecule has 4 aromatic heterocycles. The highest BCUT2D eigenvalue weighted by atomic mass is 35.5. The van der Waals surface area contributed by atoms with Crippen molar-refractivity contribution in [2.45, 2.75) is 33.4 Å². The van der Waals surface area contributed by atoms with Gasteiger partial charge < -0.3 is 19.1 Å². The van der Waals surface area contributed by atoms with Gasteiger partial charge in [0, 0.05) is 42.6 Å². The Balaban J connectivity index is 1.76. The Bertz CT molecular complexity index is 1450. The Labute approximate surface area is 223 Å². The van der Waals surface area contributed by atoms with E-state index in [1.54, 1.807) is 43.7 Å². The number of hydrogen-bond donors (Lipinski definition) is 1. The molecule has 4 rings (SSSR count). The minimum atomic E-state index is -0.833. The molecule has 1 N–H and O–H groups in total. The maximum absolute atomic E-state index is 13.5. The molecule has 0 aromatic carbocycles. The minimum Gasteiger partial charge on any atom is -0.384 e. The van der Waals surface area contributed by atoms with E-state index in [-0.39, 0.29) is 18.1 Å². The van der Waals surface area contributed by atoms with E-state index in [1.165, 1.54) is 28.4 Å². The summed E-state index contributed by atoms with van der Waals surface area (Å²) < 4.78 is 13.8. The molecule has 0 aliphatic carbocycles. The first-order valence-corrected chi connectivity index (χ1v) is 12.8. The fraction of sp³-hybridized carbons (Fsp3) is 0.308. The molecule has 0 spiro atoms. The van der Waals surface area contributed by atoms with Gasteiger partial charge in [0.15, 0.2) is 0 Å². The fourth-order valence-electron chi connectivity index (χ4n) is 3.91. The molecule has 0 aliphatic rings. The second-order valence-electron chi connectivity index (χ2n) is 9.08. The van der Waals surface area contributed by atoms with Gasteiger partial charge in [0.1, 0.15) is 17.8 Å². The van der Waals surface area contributed by atoms with Crippen molar-refractivity contribution in [1.29, 1.82) is 0 Å². The van der Waals surface area contributed by atoms with E-state index in [2.05, 4.69) is 22.2 Å².